The number of aliphatic imine (C=N–C) groups is 1. The fourth-order valence-corrected chi connectivity index (χ4v) is 3.96. The minimum Gasteiger partial charge on any atom is -0.357 e. The minimum atomic E-state index is 0.473. The van der Waals surface area contributed by atoms with E-state index < -0.39 is 0 Å². The van der Waals surface area contributed by atoms with Gasteiger partial charge in [0.1, 0.15) is 0 Å². The topological polar surface area (TPSA) is 45.5 Å². The molecule has 5 nitrogen and oxygen atoms in total. The van der Waals surface area contributed by atoms with Gasteiger partial charge in [0.05, 0.1) is 12.4 Å². The van der Waals surface area contributed by atoms with Gasteiger partial charge in [-0.2, -0.15) is 0 Å². The Labute approximate surface area is 152 Å². The van der Waals surface area contributed by atoms with Crippen molar-refractivity contribution in [1.82, 2.24) is 19.8 Å². The molecular weight excluding hydrogens is 310 g/mol. The third kappa shape index (κ3) is 4.86. The average Bonchev–Trinajstić information content (AvgIpc) is 3.17. The lowest BCUT2D eigenvalue weighted by Crippen LogP contribution is -2.49. The predicted octanol–water partition coefficient (Wildman–Crippen LogP) is 3.62. The maximum atomic E-state index is 4.94. The molecule has 0 saturated carbocycles. The van der Waals surface area contributed by atoms with Gasteiger partial charge in [-0.3, -0.25) is 4.99 Å². The number of allylic oxidation sites excluding steroid dienone is 1. The maximum absolute atomic E-state index is 4.94. The summed E-state index contributed by atoms with van der Waals surface area (Å²) in [5.74, 6) is 1.75. The number of rotatable bonds is 5. The molecule has 0 bridgehead atoms. The Bertz CT molecular complexity index is 575. The van der Waals surface area contributed by atoms with E-state index in [-0.39, 0.29) is 0 Å². The number of guanidine groups is 1. The van der Waals surface area contributed by atoms with Gasteiger partial charge in [0, 0.05) is 38.6 Å². The molecule has 0 spiro atoms. The van der Waals surface area contributed by atoms with E-state index in [1.807, 2.05) is 12.5 Å². The van der Waals surface area contributed by atoms with Gasteiger partial charge in [0.15, 0.2) is 5.96 Å². The normalized spacial score (nSPS) is 25.0. The predicted molar refractivity (Wildman–Crippen MR) is 104 cm³/mol. The molecule has 138 valence electrons. The second kappa shape index (κ2) is 9.07. The third-order valence-electron chi connectivity index (χ3n) is 5.54. The van der Waals surface area contributed by atoms with Crippen molar-refractivity contribution in [3.63, 3.8) is 0 Å². The number of hydrogen-bond acceptors (Lipinski definition) is 2. The van der Waals surface area contributed by atoms with Gasteiger partial charge >= 0.3 is 0 Å². The number of piperidine rings is 1. The fraction of sp³-hybridized carbons (Fsp3) is 0.700. The minimum absolute atomic E-state index is 0.473. The molecule has 1 aromatic rings. The van der Waals surface area contributed by atoms with Crippen molar-refractivity contribution < 1.29 is 0 Å². The largest absolute Gasteiger partial charge is 0.357 e. The number of likely N-dealkylation sites (tertiary alicyclic amines) is 1. The van der Waals surface area contributed by atoms with Crippen molar-refractivity contribution in [3.8, 4) is 0 Å². The van der Waals surface area contributed by atoms with Crippen LogP contribution in [-0.4, -0.2) is 46.6 Å². The molecule has 0 aromatic carbocycles. The molecule has 25 heavy (non-hydrogen) atoms. The Kier molecular flexibility index (Phi) is 6.54. The summed E-state index contributed by atoms with van der Waals surface area (Å²) >= 11 is 0. The highest BCUT2D eigenvalue weighted by Gasteiger charge is 2.28. The van der Waals surface area contributed by atoms with E-state index in [1.54, 1.807) is 5.57 Å². The zero-order chi connectivity index (χ0) is 17.5. The molecule has 1 N–H and O–H groups in total. The molecule has 2 unspecified atom stereocenters. The first-order chi connectivity index (χ1) is 12.3. The molecule has 1 fully saturated rings. The number of imidazole rings is 1. The molecule has 1 aliphatic carbocycles. The van der Waals surface area contributed by atoms with Crippen LogP contribution in [0.1, 0.15) is 58.4 Å². The van der Waals surface area contributed by atoms with E-state index in [0.29, 0.717) is 12.0 Å². The van der Waals surface area contributed by atoms with Gasteiger partial charge in [-0.25, -0.2) is 4.98 Å². The van der Waals surface area contributed by atoms with Crippen LogP contribution in [-0.2, 0) is 0 Å². The summed E-state index contributed by atoms with van der Waals surface area (Å²) < 4.78 is 2.26. The summed E-state index contributed by atoms with van der Waals surface area (Å²) in [5.41, 5.74) is 1.61. The van der Waals surface area contributed by atoms with Crippen molar-refractivity contribution in [2.24, 2.45) is 10.9 Å². The number of hydrogen-bond donors (Lipinski definition) is 1. The van der Waals surface area contributed by atoms with Gasteiger partial charge in [0.25, 0.3) is 0 Å². The first-order valence-electron chi connectivity index (χ1n) is 9.96. The lowest BCUT2D eigenvalue weighted by molar-refractivity contribution is 0.189. The monoisotopic (exact) mass is 343 g/mol. The smallest absolute Gasteiger partial charge is 0.193 e. The molecule has 1 aromatic heterocycles. The van der Waals surface area contributed by atoms with Gasteiger partial charge in [-0.1, -0.05) is 18.6 Å². The van der Waals surface area contributed by atoms with Crippen LogP contribution in [0.15, 0.2) is 35.4 Å². The van der Waals surface area contributed by atoms with Gasteiger partial charge in [-0.05, 0) is 51.4 Å². The maximum Gasteiger partial charge on any atom is 0.193 e. The Morgan fingerprint density at radius 2 is 2.32 bits per heavy atom. The summed E-state index contributed by atoms with van der Waals surface area (Å²) in [6.45, 7) is 8.41. The van der Waals surface area contributed by atoms with Crippen LogP contribution < -0.4 is 5.32 Å². The molecule has 0 amide bonds. The standard InChI is InChI=1S/C20H33N5/c1-3-22-20(23-11-9-18-7-5-4-6-8-18)24-13-10-17(2)19(15-24)25-14-12-21-16-25/h7,12,14,16-17,19H,3-6,8-11,13,15H2,1-2H3,(H,22,23). The molecule has 1 saturated heterocycles. The molecular formula is C20H33N5. The number of nitrogens with one attached hydrogen (secondary N) is 1. The van der Waals surface area contributed by atoms with Crippen LogP contribution in [0.4, 0.5) is 0 Å². The zero-order valence-electron chi connectivity index (χ0n) is 15.8. The second-order valence-electron chi connectivity index (χ2n) is 7.38. The highest BCUT2D eigenvalue weighted by atomic mass is 15.3. The summed E-state index contributed by atoms with van der Waals surface area (Å²) in [6, 6.07) is 0.473. The summed E-state index contributed by atoms with van der Waals surface area (Å²) in [7, 11) is 0. The lowest BCUT2D eigenvalue weighted by atomic mass is 9.93. The van der Waals surface area contributed by atoms with Crippen LogP contribution in [0.5, 0.6) is 0 Å². The van der Waals surface area contributed by atoms with Crippen LogP contribution >= 0.6 is 0 Å². The molecule has 1 aliphatic heterocycles. The van der Waals surface area contributed by atoms with Crippen LogP contribution in [0, 0.1) is 5.92 Å². The Morgan fingerprint density at radius 1 is 1.40 bits per heavy atom. The van der Waals surface area contributed by atoms with E-state index in [0.717, 1.165) is 38.6 Å². The van der Waals surface area contributed by atoms with E-state index in [1.165, 1.54) is 32.1 Å². The molecule has 3 rings (SSSR count). The van der Waals surface area contributed by atoms with Crippen LogP contribution in [0.25, 0.3) is 0 Å². The fourth-order valence-electron chi connectivity index (χ4n) is 3.96. The number of aromatic nitrogens is 2. The van der Waals surface area contributed by atoms with Gasteiger partial charge in [-0.15, -0.1) is 0 Å². The van der Waals surface area contributed by atoms with Crippen LogP contribution in [0.2, 0.25) is 0 Å². The summed E-state index contributed by atoms with van der Waals surface area (Å²) in [5, 5.41) is 3.50. The summed E-state index contributed by atoms with van der Waals surface area (Å²) in [4.78, 5) is 11.6. The Balaban J connectivity index is 1.62. The van der Waals surface area contributed by atoms with E-state index in [2.05, 4.69) is 45.9 Å². The SMILES string of the molecule is CCNC(=NCCC1=CCCCC1)N1CCC(C)C(n2ccnc2)C1. The molecule has 0 radical (unpaired) electrons. The van der Waals surface area contributed by atoms with Crippen molar-refractivity contribution in [2.45, 2.75) is 58.4 Å². The van der Waals surface area contributed by atoms with E-state index in [9.17, 15) is 0 Å². The van der Waals surface area contributed by atoms with Crippen molar-refractivity contribution in [3.05, 3.63) is 30.4 Å². The molecule has 2 heterocycles. The summed E-state index contributed by atoms with van der Waals surface area (Å²) in [6.07, 6.45) is 15.9. The highest BCUT2D eigenvalue weighted by Crippen LogP contribution is 2.27. The number of nitrogens with zero attached hydrogens (tertiary/aromatic N) is 4. The van der Waals surface area contributed by atoms with Crippen molar-refractivity contribution >= 4 is 5.96 Å². The van der Waals surface area contributed by atoms with Crippen molar-refractivity contribution in [1.29, 1.82) is 0 Å². The first-order valence-corrected chi connectivity index (χ1v) is 9.96. The molecule has 2 aliphatic rings. The molecule has 2 atom stereocenters. The second-order valence-corrected chi connectivity index (χ2v) is 7.38. The van der Waals surface area contributed by atoms with Crippen molar-refractivity contribution in [2.75, 3.05) is 26.2 Å². The highest BCUT2D eigenvalue weighted by molar-refractivity contribution is 5.80. The van der Waals surface area contributed by atoms with Crippen LogP contribution in [0.3, 0.4) is 0 Å². The van der Waals surface area contributed by atoms with E-state index in [4.69, 9.17) is 4.99 Å². The van der Waals surface area contributed by atoms with E-state index >= 15 is 0 Å². The third-order valence-corrected chi connectivity index (χ3v) is 5.54. The Morgan fingerprint density at radius 3 is 3.04 bits per heavy atom. The lowest BCUT2D eigenvalue weighted by Gasteiger charge is -2.39. The quantitative estimate of drug-likeness (QED) is 0.504. The molecule has 5 heteroatoms. The first kappa shape index (κ1) is 18.0. The van der Waals surface area contributed by atoms with Gasteiger partial charge < -0.3 is 14.8 Å². The average molecular weight is 344 g/mol. The Hall–Kier alpha value is -1.78. The van der Waals surface area contributed by atoms with Gasteiger partial charge in [0.2, 0.25) is 0 Å². The zero-order valence-corrected chi connectivity index (χ0v) is 15.8.